The molecule has 1 aromatic rings. The smallest absolute Gasteiger partial charge is 0.246 e. The molecule has 1 unspecified atom stereocenters. The topological polar surface area (TPSA) is 58.2 Å². The number of thiophene rings is 1. The number of carbonyl (C=O) groups excluding carboxylic acids is 2. The normalized spacial score (nSPS) is 17.0. The molecule has 0 aromatic carbocycles. The Morgan fingerprint density at radius 3 is 2.64 bits per heavy atom. The van der Waals surface area contributed by atoms with Gasteiger partial charge in [-0.25, -0.2) is 0 Å². The molecule has 1 atom stereocenters. The highest BCUT2D eigenvalue weighted by atomic mass is 35.5. The summed E-state index contributed by atoms with van der Waals surface area (Å²) in [5.41, 5.74) is 1.58. The summed E-state index contributed by atoms with van der Waals surface area (Å²) in [6.45, 7) is 3.59. The van der Waals surface area contributed by atoms with Crippen molar-refractivity contribution in [3.05, 3.63) is 15.3 Å². The second-order valence-corrected chi connectivity index (χ2v) is 7.54. The van der Waals surface area contributed by atoms with Crippen molar-refractivity contribution in [1.82, 2.24) is 5.32 Å². The maximum Gasteiger partial charge on any atom is 0.246 e. The molecule has 0 spiro atoms. The van der Waals surface area contributed by atoms with E-state index in [4.69, 9.17) is 11.6 Å². The van der Waals surface area contributed by atoms with Crippen LogP contribution in [0.25, 0.3) is 0 Å². The van der Waals surface area contributed by atoms with Crippen molar-refractivity contribution >= 4 is 40.4 Å². The quantitative estimate of drug-likeness (QED) is 0.845. The van der Waals surface area contributed by atoms with Crippen LogP contribution in [0.15, 0.2) is 5.38 Å². The van der Waals surface area contributed by atoms with E-state index in [0.717, 1.165) is 18.4 Å². The molecule has 4 nitrogen and oxygen atoms in total. The first-order valence-electron chi connectivity index (χ1n) is 7.81. The lowest BCUT2D eigenvalue weighted by atomic mass is 9.87. The van der Waals surface area contributed by atoms with Crippen molar-refractivity contribution in [3.8, 4) is 0 Å². The van der Waals surface area contributed by atoms with Crippen LogP contribution in [-0.2, 0) is 9.59 Å². The van der Waals surface area contributed by atoms with Crippen molar-refractivity contribution in [2.45, 2.75) is 58.4 Å². The number of anilines is 1. The van der Waals surface area contributed by atoms with Crippen LogP contribution < -0.4 is 10.6 Å². The van der Waals surface area contributed by atoms with Crippen LogP contribution in [0.5, 0.6) is 0 Å². The van der Waals surface area contributed by atoms with Gasteiger partial charge in [-0.05, 0) is 43.6 Å². The van der Waals surface area contributed by atoms with Gasteiger partial charge in [-0.3, -0.25) is 9.59 Å². The van der Waals surface area contributed by atoms with E-state index in [1.165, 1.54) is 30.6 Å². The summed E-state index contributed by atoms with van der Waals surface area (Å²) in [7, 11) is 0. The lowest BCUT2D eigenvalue weighted by molar-refractivity contribution is -0.126. The van der Waals surface area contributed by atoms with E-state index in [0.29, 0.717) is 22.4 Å². The molecular weight excluding hydrogens is 320 g/mol. The monoisotopic (exact) mass is 342 g/mol. The highest BCUT2D eigenvalue weighted by molar-refractivity contribution is 7.15. The average molecular weight is 343 g/mol. The standard InChI is InChI=1S/C16H23ClN2O2S/c1-10-9-22-15(17)14(10)19-16(21)11(2)18-13(20)8-12-6-4-3-5-7-12/h9,11-12H,3-8H2,1-2H3,(H,18,20)(H,19,21). The molecule has 6 heteroatoms. The van der Waals surface area contributed by atoms with E-state index in [2.05, 4.69) is 10.6 Å². The molecule has 122 valence electrons. The van der Waals surface area contributed by atoms with E-state index >= 15 is 0 Å². The van der Waals surface area contributed by atoms with E-state index in [1.807, 2.05) is 12.3 Å². The van der Waals surface area contributed by atoms with Gasteiger partial charge in [0.25, 0.3) is 0 Å². The summed E-state index contributed by atoms with van der Waals surface area (Å²) in [4.78, 5) is 24.2. The molecule has 0 radical (unpaired) electrons. The van der Waals surface area contributed by atoms with Gasteiger partial charge in [0.15, 0.2) is 0 Å². The Kier molecular flexibility index (Phi) is 6.26. The van der Waals surface area contributed by atoms with Crippen LogP contribution in [0.4, 0.5) is 5.69 Å². The Labute approximate surface area is 140 Å². The van der Waals surface area contributed by atoms with Crippen molar-refractivity contribution in [3.63, 3.8) is 0 Å². The van der Waals surface area contributed by atoms with Crippen LogP contribution in [0.2, 0.25) is 4.34 Å². The highest BCUT2D eigenvalue weighted by Crippen LogP contribution is 2.32. The number of nitrogens with one attached hydrogen (secondary N) is 2. The lowest BCUT2D eigenvalue weighted by Gasteiger charge is -2.22. The van der Waals surface area contributed by atoms with Gasteiger partial charge in [0, 0.05) is 6.42 Å². The summed E-state index contributed by atoms with van der Waals surface area (Å²) >= 11 is 7.43. The molecule has 1 aliphatic rings. The average Bonchev–Trinajstić information content (AvgIpc) is 2.80. The Hall–Kier alpha value is -1.07. The summed E-state index contributed by atoms with van der Waals surface area (Å²) in [6, 6.07) is -0.563. The summed E-state index contributed by atoms with van der Waals surface area (Å²) < 4.78 is 0.562. The van der Waals surface area contributed by atoms with Crippen LogP contribution >= 0.6 is 22.9 Å². The Morgan fingerprint density at radius 2 is 2.05 bits per heavy atom. The second kappa shape index (κ2) is 7.97. The molecule has 1 aliphatic carbocycles. The number of hydrogen-bond donors (Lipinski definition) is 2. The van der Waals surface area contributed by atoms with Gasteiger partial charge in [-0.15, -0.1) is 11.3 Å². The Balaban J connectivity index is 1.81. The molecule has 2 rings (SSSR count). The fraction of sp³-hybridized carbons (Fsp3) is 0.625. The Morgan fingerprint density at radius 1 is 1.36 bits per heavy atom. The minimum Gasteiger partial charge on any atom is -0.345 e. The van der Waals surface area contributed by atoms with Crippen molar-refractivity contribution < 1.29 is 9.59 Å². The molecule has 2 amide bonds. The fourth-order valence-corrected chi connectivity index (χ4v) is 3.87. The van der Waals surface area contributed by atoms with Crippen molar-refractivity contribution in [2.75, 3.05) is 5.32 Å². The zero-order valence-electron chi connectivity index (χ0n) is 13.1. The van der Waals surface area contributed by atoms with E-state index in [1.54, 1.807) is 6.92 Å². The third-order valence-corrected chi connectivity index (χ3v) is 5.49. The molecule has 0 bridgehead atoms. The summed E-state index contributed by atoms with van der Waals surface area (Å²) in [5, 5.41) is 7.47. The van der Waals surface area contributed by atoms with Gasteiger partial charge >= 0.3 is 0 Å². The van der Waals surface area contributed by atoms with Crippen LogP contribution in [0.3, 0.4) is 0 Å². The third kappa shape index (κ3) is 4.71. The van der Waals surface area contributed by atoms with Gasteiger partial charge in [-0.2, -0.15) is 0 Å². The SMILES string of the molecule is Cc1csc(Cl)c1NC(=O)C(C)NC(=O)CC1CCCCC1. The first-order chi connectivity index (χ1) is 10.5. The summed E-state index contributed by atoms with van der Waals surface area (Å²) in [5.74, 6) is 0.195. The van der Waals surface area contributed by atoms with Gasteiger partial charge in [-0.1, -0.05) is 30.9 Å². The molecule has 1 fully saturated rings. The van der Waals surface area contributed by atoms with Crippen molar-refractivity contribution in [1.29, 1.82) is 0 Å². The minimum atomic E-state index is -0.563. The zero-order chi connectivity index (χ0) is 16.1. The van der Waals surface area contributed by atoms with Gasteiger partial charge in [0.05, 0.1) is 5.69 Å². The van der Waals surface area contributed by atoms with Crippen LogP contribution in [0, 0.1) is 12.8 Å². The van der Waals surface area contributed by atoms with Gasteiger partial charge in [0.1, 0.15) is 10.4 Å². The highest BCUT2D eigenvalue weighted by Gasteiger charge is 2.21. The molecule has 0 saturated heterocycles. The van der Waals surface area contributed by atoms with Gasteiger partial charge in [0.2, 0.25) is 11.8 Å². The second-order valence-electron chi connectivity index (χ2n) is 6.05. The number of rotatable bonds is 5. The largest absolute Gasteiger partial charge is 0.345 e. The number of carbonyl (C=O) groups is 2. The maximum absolute atomic E-state index is 12.2. The Bertz CT molecular complexity index is 519. The molecular formula is C16H23ClN2O2S. The predicted molar refractivity (Wildman–Crippen MR) is 91.5 cm³/mol. The third-order valence-electron chi connectivity index (χ3n) is 4.15. The summed E-state index contributed by atoms with van der Waals surface area (Å²) in [6.07, 6.45) is 6.47. The number of aryl methyl sites for hydroxylation is 1. The first-order valence-corrected chi connectivity index (χ1v) is 9.07. The van der Waals surface area contributed by atoms with E-state index in [-0.39, 0.29) is 11.8 Å². The van der Waals surface area contributed by atoms with E-state index < -0.39 is 6.04 Å². The zero-order valence-corrected chi connectivity index (χ0v) is 14.6. The lowest BCUT2D eigenvalue weighted by Crippen LogP contribution is -2.42. The van der Waals surface area contributed by atoms with Crippen LogP contribution in [-0.4, -0.2) is 17.9 Å². The number of halogens is 1. The number of amides is 2. The molecule has 0 aliphatic heterocycles. The fourth-order valence-electron chi connectivity index (χ4n) is 2.81. The molecule has 1 heterocycles. The maximum atomic E-state index is 12.2. The molecule has 1 saturated carbocycles. The predicted octanol–water partition coefficient (Wildman–Crippen LogP) is 4.12. The molecule has 2 N–H and O–H groups in total. The van der Waals surface area contributed by atoms with Crippen LogP contribution in [0.1, 0.15) is 51.0 Å². The first kappa shape index (κ1) is 17.3. The van der Waals surface area contributed by atoms with Gasteiger partial charge < -0.3 is 10.6 Å². The molecule has 22 heavy (non-hydrogen) atoms. The molecule has 1 aromatic heterocycles. The number of hydrogen-bond acceptors (Lipinski definition) is 3. The van der Waals surface area contributed by atoms with E-state index in [9.17, 15) is 9.59 Å². The van der Waals surface area contributed by atoms with Crippen molar-refractivity contribution in [2.24, 2.45) is 5.92 Å². The minimum absolute atomic E-state index is 0.0392.